The first kappa shape index (κ1) is 21.6. The summed E-state index contributed by atoms with van der Waals surface area (Å²) in [5, 5.41) is 3.02. The summed E-state index contributed by atoms with van der Waals surface area (Å²) in [5.74, 6) is 0.373. The number of methoxy groups -OCH3 is 1. The molecule has 1 atom stereocenters. The monoisotopic (exact) mass is 436 g/mol. The fourth-order valence-corrected chi connectivity index (χ4v) is 5.36. The summed E-state index contributed by atoms with van der Waals surface area (Å²) < 4.78 is 32.6. The average Bonchev–Trinajstić information content (AvgIpc) is 2.74. The smallest absolute Gasteiger partial charge is 0.251 e. The molecular formula is C21H25ClN2O4S. The molecule has 1 saturated heterocycles. The molecule has 1 heterocycles. The summed E-state index contributed by atoms with van der Waals surface area (Å²) in [5.41, 5.74) is 1.17. The molecule has 3 rings (SSSR count). The van der Waals surface area contributed by atoms with Gasteiger partial charge in [0, 0.05) is 18.7 Å². The van der Waals surface area contributed by atoms with E-state index in [4.69, 9.17) is 16.3 Å². The van der Waals surface area contributed by atoms with Crippen LogP contribution in [0.15, 0.2) is 47.4 Å². The predicted molar refractivity (Wildman–Crippen MR) is 113 cm³/mol. The first-order chi connectivity index (χ1) is 13.8. The summed E-state index contributed by atoms with van der Waals surface area (Å²) >= 11 is 6.19. The summed E-state index contributed by atoms with van der Waals surface area (Å²) in [6, 6.07) is 11.5. The van der Waals surface area contributed by atoms with Crippen LogP contribution in [0.4, 0.5) is 0 Å². The molecule has 0 saturated carbocycles. The molecule has 6 nitrogen and oxygen atoms in total. The van der Waals surface area contributed by atoms with Crippen molar-refractivity contribution in [3.8, 4) is 5.75 Å². The van der Waals surface area contributed by atoms with Gasteiger partial charge in [0.1, 0.15) is 10.6 Å². The number of carbonyl (C=O) groups excluding carboxylic acids is 1. The Kier molecular flexibility index (Phi) is 6.82. The standard InChI is InChI=1S/C21H25ClN2O4S/c1-15(16-6-9-18(28-2)10-7-16)23-21(25)17-8-11-19(22)20(14-17)29(26,27)24-12-4-3-5-13-24/h6-11,14-15H,3-5,12-13H2,1-2H3,(H,23,25)/t15-/m0/s1. The second-order valence-electron chi connectivity index (χ2n) is 7.08. The van der Waals surface area contributed by atoms with Gasteiger partial charge < -0.3 is 10.1 Å². The largest absolute Gasteiger partial charge is 0.497 e. The molecule has 156 valence electrons. The van der Waals surface area contributed by atoms with Crippen molar-refractivity contribution in [3.63, 3.8) is 0 Å². The molecule has 1 aliphatic heterocycles. The van der Waals surface area contributed by atoms with Crippen molar-refractivity contribution in [3.05, 3.63) is 58.6 Å². The second kappa shape index (κ2) is 9.15. The Morgan fingerprint density at radius 1 is 1.10 bits per heavy atom. The zero-order valence-electron chi connectivity index (χ0n) is 16.5. The van der Waals surface area contributed by atoms with Crippen LogP contribution in [-0.4, -0.2) is 38.8 Å². The van der Waals surface area contributed by atoms with Crippen LogP contribution >= 0.6 is 11.6 Å². The summed E-state index contributed by atoms with van der Waals surface area (Å²) in [6.45, 7) is 2.81. The number of nitrogens with one attached hydrogen (secondary N) is 1. The number of amides is 1. The predicted octanol–water partition coefficient (Wildman–Crippen LogP) is 4.01. The third-order valence-electron chi connectivity index (χ3n) is 5.09. The van der Waals surface area contributed by atoms with E-state index in [0.717, 1.165) is 30.6 Å². The maximum Gasteiger partial charge on any atom is 0.251 e. The van der Waals surface area contributed by atoms with Gasteiger partial charge in [-0.3, -0.25) is 4.79 Å². The summed E-state index contributed by atoms with van der Waals surface area (Å²) in [7, 11) is -2.14. The lowest BCUT2D eigenvalue weighted by molar-refractivity contribution is 0.0939. The van der Waals surface area contributed by atoms with Crippen molar-refractivity contribution in [2.75, 3.05) is 20.2 Å². The van der Waals surface area contributed by atoms with Crippen molar-refractivity contribution >= 4 is 27.5 Å². The van der Waals surface area contributed by atoms with Gasteiger partial charge in [0.25, 0.3) is 5.91 Å². The number of piperidine rings is 1. The SMILES string of the molecule is COc1ccc([C@H](C)NC(=O)c2ccc(Cl)c(S(=O)(=O)N3CCCCC3)c2)cc1. The fourth-order valence-electron chi connectivity index (χ4n) is 3.34. The number of hydrogen-bond donors (Lipinski definition) is 1. The minimum atomic E-state index is -3.73. The van der Waals surface area contributed by atoms with E-state index in [1.807, 2.05) is 31.2 Å². The number of benzene rings is 2. The minimum Gasteiger partial charge on any atom is -0.497 e. The Labute approximate surface area is 176 Å². The van der Waals surface area contributed by atoms with Crippen molar-refractivity contribution < 1.29 is 17.9 Å². The van der Waals surface area contributed by atoms with Crippen molar-refractivity contribution in [1.82, 2.24) is 9.62 Å². The molecule has 2 aromatic rings. The van der Waals surface area contributed by atoms with Gasteiger partial charge in [0.2, 0.25) is 10.0 Å². The maximum absolute atomic E-state index is 13.0. The Bertz CT molecular complexity index is 971. The van der Waals surface area contributed by atoms with Crippen molar-refractivity contribution in [2.45, 2.75) is 37.1 Å². The molecule has 0 spiro atoms. The van der Waals surface area contributed by atoms with Crippen molar-refractivity contribution in [1.29, 1.82) is 0 Å². The topological polar surface area (TPSA) is 75.7 Å². The minimum absolute atomic E-state index is 0.0224. The average molecular weight is 437 g/mol. The highest BCUT2D eigenvalue weighted by atomic mass is 35.5. The molecule has 2 aromatic carbocycles. The van der Waals surface area contributed by atoms with Gasteiger partial charge in [-0.05, 0) is 55.7 Å². The van der Waals surface area contributed by atoms with E-state index in [2.05, 4.69) is 5.32 Å². The van der Waals surface area contributed by atoms with Gasteiger partial charge in [-0.2, -0.15) is 4.31 Å². The zero-order valence-corrected chi connectivity index (χ0v) is 18.1. The van der Waals surface area contributed by atoms with Crippen LogP contribution in [0.5, 0.6) is 5.75 Å². The Morgan fingerprint density at radius 3 is 2.38 bits per heavy atom. The Morgan fingerprint density at radius 2 is 1.76 bits per heavy atom. The van der Waals surface area contributed by atoms with E-state index in [1.54, 1.807) is 7.11 Å². The highest BCUT2D eigenvalue weighted by Gasteiger charge is 2.29. The number of nitrogens with zero attached hydrogens (tertiary/aromatic N) is 1. The van der Waals surface area contributed by atoms with Crippen LogP contribution in [0.3, 0.4) is 0 Å². The number of halogens is 1. The number of sulfonamides is 1. The summed E-state index contributed by atoms with van der Waals surface area (Å²) in [6.07, 6.45) is 2.68. The normalized spacial score (nSPS) is 16.2. The second-order valence-corrected chi connectivity index (χ2v) is 9.39. The highest BCUT2D eigenvalue weighted by molar-refractivity contribution is 7.89. The fraction of sp³-hybridized carbons (Fsp3) is 0.381. The quantitative estimate of drug-likeness (QED) is 0.742. The van der Waals surface area contributed by atoms with Crippen LogP contribution in [0.2, 0.25) is 5.02 Å². The van der Waals surface area contributed by atoms with Crippen LogP contribution in [0, 0.1) is 0 Å². The lowest BCUT2D eigenvalue weighted by atomic mass is 10.1. The van der Waals surface area contributed by atoms with Gasteiger partial charge in [-0.1, -0.05) is 30.2 Å². The first-order valence-electron chi connectivity index (χ1n) is 9.57. The number of rotatable bonds is 6. The molecule has 1 aliphatic rings. The van der Waals surface area contributed by atoms with Crippen LogP contribution in [-0.2, 0) is 10.0 Å². The molecule has 29 heavy (non-hydrogen) atoms. The number of carbonyl (C=O) groups is 1. The van der Waals surface area contributed by atoms with Gasteiger partial charge in [-0.15, -0.1) is 0 Å². The molecule has 0 bridgehead atoms. The van der Waals surface area contributed by atoms with E-state index in [0.29, 0.717) is 13.1 Å². The number of ether oxygens (including phenoxy) is 1. The zero-order chi connectivity index (χ0) is 21.0. The molecule has 1 fully saturated rings. The van der Waals surface area contributed by atoms with E-state index >= 15 is 0 Å². The van der Waals surface area contributed by atoms with Gasteiger partial charge in [-0.25, -0.2) is 8.42 Å². The molecule has 1 N–H and O–H groups in total. The third kappa shape index (κ3) is 4.91. The van der Waals surface area contributed by atoms with Gasteiger partial charge in [0.05, 0.1) is 18.2 Å². The van der Waals surface area contributed by atoms with Crippen LogP contribution in [0.1, 0.15) is 48.1 Å². The molecule has 0 aromatic heterocycles. The molecule has 0 radical (unpaired) electrons. The highest BCUT2D eigenvalue weighted by Crippen LogP contribution is 2.28. The van der Waals surface area contributed by atoms with E-state index in [1.165, 1.54) is 22.5 Å². The summed E-state index contributed by atoms with van der Waals surface area (Å²) in [4.78, 5) is 12.7. The van der Waals surface area contributed by atoms with E-state index in [-0.39, 0.29) is 27.4 Å². The van der Waals surface area contributed by atoms with Gasteiger partial charge >= 0.3 is 0 Å². The van der Waals surface area contributed by atoms with Gasteiger partial charge in [0.15, 0.2) is 0 Å². The molecule has 1 amide bonds. The van der Waals surface area contributed by atoms with E-state index < -0.39 is 10.0 Å². The van der Waals surface area contributed by atoms with E-state index in [9.17, 15) is 13.2 Å². The van der Waals surface area contributed by atoms with Crippen molar-refractivity contribution in [2.24, 2.45) is 0 Å². The Hall–Kier alpha value is -2.09. The Balaban J connectivity index is 1.79. The molecular weight excluding hydrogens is 412 g/mol. The maximum atomic E-state index is 13.0. The number of hydrogen-bond acceptors (Lipinski definition) is 4. The van der Waals surface area contributed by atoms with Crippen LogP contribution < -0.4 is 10.1 Å². The lowest BCUT2D eigenvalue weighted by Gasteiger charge is -2.26. The third-order valence-corrected chi connectivity index (χ3v) is 7.47. The van der Waals surface area contributed by atoms with Crippen LogP contribution in [0.25, 0.3) is 0 Å². The molecule has 0 unspecified atom stereocenters. The first-order valence-corrected chi connectivity index (χ1v) is 11.4. The molecule has 0 aliphatic carbocycles. The molecule has 8 heteroatoms. The lowest BCUT2D eigenvalue weighted by Crippen LogP contribution is -2.36.